The molecule has 0 aliphatic heterocycles. The van der Waals surface area contributed by atoms with E-state index in [0.29, 0.717) is 28.6 Å². The second-order valence-corrected chi connectivity index (χ2v) is 17.0. The van der Waals surface area contributed by atoms with E-state index in [-0.39, 0.29) is 11.6 Å². The Bertz CT molecular complexity index is 1830. The highest BCUT2D eigenvalue weighted by atomic mass is 19.1. The fourth-order valence-electron chi connectivity index (χ4n) is 9.18. The number of rotatable bonds is 10. The molecule has 0 saturated heterocycles. The van der Waals surface area contributed by atoms with E-state index in [9.17, 15) is 8.78 Å². The Balaban J connectivity index is 0.000000282. The standard InChI is InChI=1S/C26H33FO.C23H29FO.3C2H6/c1-6-16-13-21(17-7-9-18(10-8-17)26(2,3)4)25(22-15-20(16)22)23-14-19(28-5)11-12-24(23)27;1-3-17-10-13-21(22-16-20(25-2)12-14-23(22)24)19(15-17)11-9-18-7-5-4-6-8-18;3*1-2/h7,11-14,18,20,22H,6,8-10,15H2,1-5H3;10,12-16,18H,3-9,11H2,1-2H3;3*1-2H3. The third kappa shape index (κ3) is 13.2. The number of ether oxygens (including phenoxy) is 2. The van der Waals surface area contributed by atoms with Gasteiger partial charge < -0.3 is 9.47 Å². The Labute approximate surface area is 360 Å². The maximum Gasteiger partial charge on any atom is 0.131 e. The van der Waals surface area contributed by atoms with Crippen LogP contribution in [0.1, 0.15) is 163 Å². The van der Waals surface area contributed by atoms with Gasteiger partial charge in [-0.2, -0.15) is 0 Å². The minimum atomic E-state index is -0.177. The van der Waals surface area contributed by atoms with Gasteiger partial charge >= 0.3 is 0 Å². The first-order valence-corrected chi connectivity index (χ1v) is 23.5. The van der Waals surface area contributed by atoms with Gasteiger partial charge in [-0.05, 0) is 150 Å². The molecule has 2 saturated carbocycles. The minimum Gasteiger partial charge on any atom is -0.497 e. The molecule has 4 aliphatic carbocycles. The fourth-order valence-corrected chi connectivity index (χ4v) is 9.18. The van der Waals surface area contributed by atoms with E-state index in [1.54, 1.807) is 38.0 Å². The highest BCUT2D eigenvalue weighted by Crippen LogP contribution is 2.59. The number of halogens is 2. The van der Waals surface area contributed by atoms with Crippen LogP contribution in [0.25, 0.3) is 16.7 Å². The molecule has 0 amide bonds. The quantitative estimate of drug-likeness (QED) is 0.203. The van der Waals surface area contributed by atoms with Crippen molar-refractivity contribution in [3.05, 3.63) is 112 Å². The van der Waals surface area contributed by atoms with Crippen molar-refractivity contribution in [1.82, 2.24) is 0 Å². The number of allylic oxidation sites excluding steroid dienone is 6. The monoisotopic (exact) mass is 811 g/mol. The van der Waals surface area contributed by atoms with E-state index in [4.69, 9.17) is 9.47 Å². The van der Waals surface area contributed by atoms with Crippen molar-refractivity contribution in [3.8, 4) is 22.6 Å². The van der Waals surface area contributed by atoms with Crippen molar-refractivity contribution in [1.29, 1.82) is 0 Å². The summed E-state index contributed by atoms with van der Waals surface area (Å²) >= 11 is 0. The van der Waals surface area contributed by atoms with Gasteiger partial charge in [0.05, 0.1) is 14.2 Å². The van der Waals surface area contributed by atoms with Crippen molar-refractivity contribution in [3.63, 3.8) is 0 Å². The summed E-state index contributed by atoms with van der Waals surface area (Å²) in [5.74, 6) is 3.77. The van der Waals surface area contributed by atoms with Gasteiger partial charge in [0.1, 0.15) is 23.1 Å². The summed E-state index contributed by atoms with van der Waals surface area (Å²) < 4.78 is 40.1. The molecule has 0 N–H and O–H groups in total. The van der Waals surface area contributed by atoms with Gasteiger partial charge in [0, 0.05) is 11.1 Å². The molecular formula is C55H80F2O2. The van der Waals surface area contributed by atoms with Crippen LogP contribution >= 0.6 is 0 Å². The summed E-state index contributed by atoms with van der Waals surface area (Å²) in [6.07, 6.45) is 20.6. The third-order valence-electron chi connectivity index (χ3n) is 12.7. The van der Waals surface area contributed by atoms with Crippen LogP contribution in [0.4, 0.5) is 8.78 Å². The van der Waals surface area contributed by atoms with Crippen molar-refractivity contribution in [2.24, 2.45) is 29.1 Å². The molecule has 4 aliphatic rings. The number of methoxy groups -OCH3 is 2. The third-order valence-corrected chi connectivity index (χ3v) is 12.7. The Morgan fingerprint density at radius 3 is 1.83 bits per heavy atom. The van der Waals surface area contributed by atoms with Gasteiger partial charge in [0.2, 0.25) is 0 Å². The largest absolute Gasteiger partial charge is 0.497 e. The topological polar surface area (TPSA) is 18.5 Å². The van der Waals surface area contributed by atoms with Crippen LogP contribution in [0.5, 0.6) is 11.5 Å². The Morgan fingerprint density at radius 2 is 1.29 bits per heavy atom. The maximum atomic E-state index is 14.9. The van der Waals surface area contributed by atoms with Crippen LogP contribution in [0, 0.1) is 40.7 Å². The van der Waals surface area contributed by atoms with Crippen molar-refractivity contribution < 1.29 is 18.3 Å². The molecule has 0 radical (unpaired) electrons. The number of fused-ring (bicyclic) bond motifs is 1. The van der Waals surface area contributed by atoms with Gasteiger partial charge in [0.25, 0.3) is 0 Å². The van der Waals surface area contributed by atoms with Gasteiger partial charge in [-0.15, -0.1) is 0 Å². The molecule has 3 atom stereocenters. The molecule has 0 heterocycles. The van der Waals surface area contributed by atoms with Crippen LogP contribution in [-0.4, -0.2) is 14.2 Å². The first-order valence-electron chi connectivity index (χ1n) is 23.5. The molecule has 3 aromatic rings. The lowest BCUT2D eigenvalue weighted by atomic mass is 9.71. The molecule has 0 aromatic heterocycles. The Morgan fingerprint density at radius 1 is 0.678 bits per heavy atom. The van der Waals surface area contributed by atoms with Crippen molar-refractivity contribution >= 4 is 5.57 Å². The summed E-state index contributed by atoms with van der Waals surface area (Å²) in [5, 5.41) is 0. The zero-order chi connectivity index (χ0) is 43.7. The molecule has 2 nitrogen and oxygen atoms in total. The van der Waals surface area contributed by atoms with E-state index in [2.05, 4.69) is 65.0 Å². The summed E-state index contributed by atoms with van der Waals surface area (Å²) in [7, 11) is 3.28. The average Bonchev–Trinajstić information content (AvgIpc) is 4.09. The van der Waals surface area contributed by atoms with Crippen LogP contribution < -0.4 is 9.47 Å². The molecule has 3 aromatic carbocycles. The van der Waals surface area contributed by atoms with Crippen molar-refractivity contribution in [2.45, 2.75) is 160 Å². The van der Waals surface area contributed by atoms with Crippen LogP contribution in [0.15, 0.2) is 83.5 Å². The Hall–Kier alpha value is -3.66. The molecular weight excluding hydrogens is 731 g/mol. The molecule has 0 bridgehead atoms. The molecule has 59 heavy (non-hydrogen) atoms. The number of hydrogen-bond donors (Lipinski definition) is 0. The second-order valence-electron chi connectivity index (χ2n) is 17.0. The van der Waals surface area contributed by atoms with Gasteiger partial charge in [0.15, 0.2) is 0 Å². The first kappa shape index (κ1) is 49.7. The van der Waals surface area contributed by atoms with E-state index in [1.807, 2.05) is 53.7 Å². The van der Waals surface area contributed by atoms with Crippen LogP contribution in [-0.2, 0) is 12.8 Å². The number of benzene rings is 3. The lowest BCUT2D eigenvalue weighted by Gasteiger charge is -2.34. The lowest BCUT2D eigenvalue weighted by Crippen LogP contribution is -2.22. The highest BCUT2D eigenvalue weighted by molar-refractivity contribution is 5.82. The number of hydrogen-bond acceptors (Lipinski definition) is 2. The van der Waals surface area contributed by atoms with Gasteiger partial charge in [-0.25, -0.2) is 8.78 Å². The highest BCUT2D eigenvalue weighted by Gasteiger charge is 2.46. The van der Waals surface area contributed by atoms with Crippen LogP contribution in [0.2, 0.25) is 0 Å². The molecule has 326 valence electrons. The number of aryl methyl sites for hydroxylation is 2. The predicted octanol–water partition coefficient (Wildman–Crippen LogP) is 17.0. The summed E-state index contributed by atoms with van der Waals surface area (Å²) in [5.41, 5.74) is 10.9. The molecule has 3 unspecified atom stereocenters. The van der Waals surface area contributed by atoms with E-state index < -0.39 is 0 Å². The zero-order valence-corrected chi connectivity index (χ0v) is 39.4. The average molecular weight is 811 g/mol. The van der Waals surface area contributed by atoms with E-state index >= 15 is 0 Å². The van der Waals surface area contributed by atoms with Crippen LogP contribution in [0.3, 0.4) is 0 Å². The second kappa shape index (κ2) is 24.6. The molecule has 7 rings (SSSR count). The van der Waals surface area contributed by atoms with E-state index in [0.717, 1.165) is 67.2 Å². The van der Waals surface area contributed by atoms with E-state index in [1.165, 1.54) is 78.9 Å². The SMILES string of the molecule is CC.CC.CC.CCC1=CC(C2=CCC(C(C)(C)C)CC2)=C(c2cc(OC)ccc2F)C2CC12.CCc1ccc(-c2cc(OC)ccc2F)c(CCC2CCCCC2)c1. The molecule has 4 heteroatoms. The Kier molecular flexibility index (Phi) is 20.7. The minimum absolute atomic E-state index is 0.128. The smallest absolute Gasteiger partial charge is 0.131 e. The summed E-state index contributed by atoms with van der Waals surface area (Å²) in [6, 6.07) is 16.7. The molecule has 2 fully saturated rings. The van der Waals surface area contributed by atoms with Crippen molar-refractivity contribution in [2.75, 3.05) is 14.2 Å². The maximum absolute atomic E-state index is 14.9. The molecule has 0 spiro atoms. The predicted molar refractivity (Wildman–Crippen MR) is 251 cm³/mol. The fraction of sp³-hybridized carbons (Fsp3) is 0.564. The summed E-state index contributed by atoms with van der Waals surface area (Å²) in [4.78, 5) is 0. The summed E-state index contributed by atoms with van der Waals surface area (Å²) in [6.45, 7) is 23.5. The zero-order valence-electron chi connectivity index (χ0n) is 39.4. The first-order chi connectivity index (χ1) is 28.5. The normalized spacial score (nSPS) is 19.7. The van der Waals surface area contributed by atoms with Gasteiger partial charge in [-0.1, -0.05) is 144 Å². The van der Waals surface area contributed by atoms with Gasteiger partial charge in [-0.3, -0.25) is 0 Å². The lowest BCUT2D eigenvalue weighted by molar-refractivity contribution is 0.221.